The first-order valence-corrected chi connectivity index (χ1v) is 14.6. The van der Waals surface area contributed by atoms with E-state index in [1.807, 2.05) is 11.3 Å². The van der Waals surface area contributed by atoms with Crippen LogP contribution in [0.5, 0.6) is 0 Å². The Morgan fingerprint density at radius 3 is 2.02 bits per heavy atom. The highest BCUT2D eigenvalue weighted by Gasteiger charge is 2.17. The summed E-state index contributed by atoms with van der Waals surface area (Å²) in [6.45, 7) is 4.40. The Hall–Kier alpha value is -4.66. The van der Waals surface area contributed by atoms with Gasteiger partial charge in [0.25, 0.3) is 0 Å². The monoisotopic (exact) mass is 529 g/mol. The summed E-state index contributed by atoms with van der Waals surface area (Å²) < 4.78 is 5.09. The van der Waals surface area contributed by atoms with Gasteiger partial charge >= 0.3 is 0 Å². The van der Waals surface area contributed by atoms with E-state index in [0.717, 1.165) is 0 Å². The van der Waals surface area contributed by atoms with Gasteiger partial charge in [-0.3, -0.25) is 0 Å². The van der Waals surface area contributed by atoms with E-state index in [1.54, 1.807) is 0 Å². The van der Waals surface area contributed by atoms with Crippen molar-refractivity contribution in [3.63, 3.8) is 0 Å². The third-order valence-electron chi connectivity index (χ3n) is 8.28. The van der Waals surface area contributed by atoms with Crippen molar-refractivity contribution in [1.29, 1.82) is 0 Å². The van der Waals surface area contributed by atoms with Crippen LogP contribution in [0.25, 0.3) is 69.9 Å². The normalized spacial score (nSPS) is 11.8. The molecule has 2 heterocycles. The molecule has 0 fully saturated rings. The van der Waals surface area contributed by atoms with Gasteiger partial charge in [0.2, 0.25) is 0 Å². The highest BCUT2D eigenvalue weighted by molar-refractivity contribution is 7.25. The maximum atomic E-state index is 2.42. The van der Waals surface area contributed by atoms with E-state index in [9.17, 15) is 0 Å². The number of benzene rings is 6. The van der Waals surface area contributed by atoms with Crippen LogP contribution in [0.2, 0.25) is 0 Å². The third-order valence-corrected chi connectivity index (χ3v) is 9.42. The SMILES string of the molecule is Cc1ccccc1-c1cc(-c2ccc3c(c2)c2cc4c(cc2n3-c2ccccc2)sc2ccccc24)ccc1C. The van der Waals surface area contributed by atoms with Crippen molar-refractivity contribution in [1.82, 2.24) is 4.57 Å². The van der Waals surface area contributed by atoms with Gasteiger partial charge in [-0.15, -0.1) is 11.3 Å². The minimum absolute atomic E-state index is 1.19. The van der Waals surface area contributed by atoms with Crippen molar-refractivity contribution in [2.24, 2.45) is 0 Å². The average Bonchev–Trinajstić information content (AvgIpc) is 3.51. The summed E-state index contributed by atoms with van der Waals surface area (Å²) in [4.78, 5) is 0. The number of nitrogens with zero attached hydrogens (tertiary/aromatic N) is 1. The molecule has 0 atom stereocenters. The number of aromatic nitrogens is 1. The molecule has 190 valence electrons. The number of aryl methyl sites for hydroxylation is 2. The minimum Gasteiger partial charge on any atom is -0.309 e. The van der Waals surface area contributed by atoms with Crippen LogP contribution in [0.15, 0.2) is 127 Å². The Morgan fingerprint density at radius 1 is 0.450 bits per heavy atom. The molecule has 0 saturated carbocycles. The van der Waals surface area contributed by atoms with Crippen molar-refractivity contribution in [3.8, 4) is 27.9 Å². The van der Waals surface area contributed by atoms with Gasteiger partial charge in [0.1, 0.15) is 0 Å². The maximum absolute atomic E-state index is 2.42. The molecule has 0 aliphatic carbocycles. The second kappa shape index (κ2) is 8.94. The maximum Gasteiger partial charge on any atom is 0.0555 e. The topological polar surface area (TPSA) is 4.93 Å². The largest absolute Gasteiger partial charge is 0.309 e. The molecule has 8 rings (SSSR count). The van der Waals surface area contributed by atoms with Crippen molar-refractivity contribution in [2.45, 2.75) is 13.8 Å². The molecule has 1 nitrogen and oxygen atoms in total. The van der Waals surface area contributed by atoms with Crippen LogP contribution in [0.1, 0.15) is 11.1 Å². The molecule has 2 heteroatoms. The fraction of sp³-hybridized carbons (Fsp3) is 0.0526. The number of fused-ring (bicyclic) bond motifs is 6. The van der Waals surface area contributed by atoms with Crippen molar-refractivity contribution < 1.29 is 0 Å². The van der Waals surface area contributed by atoms with Gasteiger partial charge in [0.15, 0.2) is 0 Å². The average molecular weight is 530 g/mol. The van der Waals surface area contributed by atoms with E-state index in [0.29, 0.717) is 0 Å². The lowest BCUT2D eigenvalue weighted by molar-refractivity contribution is 1.18. The first kappa shape index (κ1) is 23.2. The van der Waals surface area contributed by atoms with Gasteiger partial charge < -0.3 is 4.57 Å². The molecule has 2 aromatic heterocycles. The van der Waals surface area contributed by atoms with Crippen LogP contribution in [0.4, 0.5) is 0 Å². The standard InChI is InChI=1S/C38H27NS/c1-24-10-6-7-13-29(24)31-20-26(17-16-25(31)2)27-18-19-35-32(21-27)33-22-34-30-14-8-9-15-37(30)40-38(34)23-36(33)39(35)28-11-4-3-5-12-28/h3-23H,1-2H3. The number of thiophene rings is 1. The van der Waals surface area contributed by atoms with Crippen LogP contribution in [0.3, 0.4) is 0 Å². The minimum atomic E-state index is 1.19. The third kappa shape index (κ3) is 3.53. The van der Waals surface area contributed by atoms with E-state index in [2.05, 4.69) is 146 Å². The molecule has 8 aromatic rings. The molecule has 6 aromatic carbocycles. The lowest BCUT2D eigenvalue weighted by Gasteiger charge is -2.12. The lowest BCUT2D eigenvalue weighted by Crippen LogP contribution is -1.93. The van der Waals surface area contributed by atoms with Gasteiger partial charge in [0.05, 0.1) is 11.0 Å². The van der Waals surface area contributed by atoms with Crippen molar-refractivity contribution >= 4 is 53.3 Å². The van der Waals surface area contributed by atoms with Crippen molar-refractivity contribution in [3.05, 3.63) is 139 Å². The zero-order chi connectivity index (χ0) is 26.8. The molecule has 0 unspecified atom stereocenters. The van der Waals surface area contributed by atoms with Crippen LogP contribution in [-0.4, -0.2) is 4.57 Å². The molecule has 0 spiro atoms. The fourth-order valence-corrected chi connectivity index (χ4v) is 7.36. The summed E-state index contributed by atoms with van der Waals surface area (Å²) in [5.41, 5.74) is 11.4. The van der Waals surface area contributed by atoms with E-state index in [1.165, 1.54) is 81.0 Å². The quantitative estimate of drug-likeness (QED) is 0.214. The zero-order valence-corrected chi connectivity index (χ0v) is 23.3. The van der Waals surface area contributed by atoms with E-state index in [4.69, 9.17) is 0 Å². The smallest absolute Gasteiger partial charge is 0.0555 e. The number of para-hydroxylation sites is 1. The van der Waals surface area contributed by atoms with E-state index >= 15 is 0 Å². The van der Waals surface area contributed by atoms with E-state index in [-0.39, 0.29) is 0 Å². The van der Waals surface area contributed by atoms with Crippen LogP contribution in [-0.2, 0) is 0 Å². The second-order valence-electron chi connectivity index (χ2n) is 10.7. The predicted octanol–water partition coefficient (Wildman–Crippen LogP) is 11.1. The molecule has 0 radical (unpaired) electrons. The molecular formula is C38H27NS. The Labute approximate surface area is 237 Å². The fourth-order valence-electron chi connectivity index (χ4n) is 6.24. The van der Waals surface area contributed by atoms with Gasteiger partial charge in [-0.1, -0.05) is 78.9 Å². The number of hydrogen-bond acceptors (Lipinski definition) is 1. The molecular weight excluding hydrogens is 502 g/mol. The lowest BCUT2D eigenvalue weighted by atomic mass is 9.92. The molecule has 0 saturated heterocycles. The Bertz CT molecular complexity index is 2230. The molecule has 0 aliphatic heterocycles. The van der Waals surface area contributed by atoms with Crippen LogP contribution < -0.4 is 0 Å². The van der Waals surface area contributed by atoms with E-state index < -0.39 is 0 Å². The molecule has 0 aliphatic rings. The molecule has 40 heavy (non-hydrogen) atoms. The Morgan fingerprint density at radius 2 is 1.15 bits per heavy atom. The predicted molar refractivity (Wildman–Crippen MR) is 174 cm³/mol. The highest BCUT2D eigenvalue weighted by atomic mass is 32.1. The molecule has 0 amide bonds. The summed E-state index contributed by atoms with van der Waals surface area (Å²) in [6.07, 6.45) is 0. The van der Waals surface area contributed by atoms with Gasteiger partial charge in [-0.25, -0.2) is 0 Å². The van der Waals surface area contributed by atoms with Crippen molar-refractivity contribution in [2.75, 3.05) is 0 Å². The Kier molecular flexibility index (Phi) is 5.20. The summed E-state index contributed by atoms with van der Waals surface area (Å²) in [5, 5.41) is 5.25. The highest BCUT2D eigenvalue weighted by Crippen LogP contribution is 2.42. The summed E-state index contributed by atoms with van der Waals surface area (Å²) >= 11 is 1.88. The summed E-state index contributed by atoms with van der Waals surface area (Å²) in [5.74, 6) is 0. The summed E-state index contributed by atoms with van der Waals surface area (Å²) in [7, 11) is 0. The number of rotatable bonds is 3. The van der Waals surface area contributed by atoms with Crippen LogP contribution >= 0.6 is 11.3 Å². The zero-order valence-electron chi connectivity index (χ0n) is 22.5. The first-order valence-electron chi connectivity index (χ1n) is 13.8. The molecule has 0 bridgehead atoms. The van der Waals surface area contributed by atoms with Crippen LogP contribution in [0, 0.1) is 13.8 Å². The second-order valence-corrected chi connectivity index (χ2v) is 11.8. The van der Waals surface area contributed by atoms with Gasteiger partial charge in [-0.2, -0.15) is 0 Å². The summed E-state index contributed by atoms with van der Waals surface area (Å²) in [6, 6.07) is 46.9. The first-order chi connectivity index (χ1) is 19.7. The number of hydrogen-bond donors (Lipinski definition) is 0. The van der Waals surface area contributed by atoms with Gasteiger partial charge in [0, 0.05) is 36.6 Å². The molecule has 0 N–H and O–H groups in total. The Balaban J connectivity index is 1.41. The van der Waals surface area contributed by atoms with Gasteiger partial charge in [-0.05, 0) is 95.8 Å².